The van der Waals surface area contributed by atoms with Gasteiger partial charge >= 0.3 is 5.97 Å². The number of esters is 1. The van der Waals surface area contributed by atoms with E-state index in [4.69, 9.17) is 33.2 Å². The molecule has 0 spiro atoms. The summed E-state index contributed by atoms with van der Waals surface area (Å²) in [5.41, 5.74) is -0.429. The van der Waals surface area contributed by atoms with Gasteiger partial charge in [0.15, 0.2) is 18.7 Å². The first-order chi connectivity index (χ1) is 21.6. The molecule has 15 heteroatoms. The molecule has 3 saturated heterocycles. The van der Waals surface area contributed by atoms with Crippen molar-refractivity contribution in [2.75, 3.05) is 13.2 Å². The predicted octanol–water partition coefficient (Wildman–Crippen LogP) is -2.47. The van der Waals surface area contributed by atoms with E-state index in [0.717, 1.165) is 5.56 Å². The smallest absolute Gasteiger partial charge is 0.331 e. The van der Waals surface area contributed by atoms with Crippen LogP contribution in [0.4, 0.5) is 0 Å². The molecule has 248 valence electrons. The van der Waals surface area contributed by atoms with Crippen molar-refractivity contribution in [3.8, 4) is 0 Å². The first-order valence-electron chi connectivity index (χ1n) is 14.8. The molecule has 15 nitrogen and oxygen atoms in total. The number of benzene rings is 1. The van der Waals surface area contributed by atoms with Crippen molar-refractivity contribution in [1.29, 1.82) is 0 Å². The van der Waals surface area contributed by atoms with Crippen LogP contribution in [-0.4, -0.2) is 140 Å². The van der Waals surface area contributed by atoms with Crippen LogP contribution in [0.25, 0.3) is 6.08 Å². The number of hydrogen-bond donors (Lipinski definition) is 7. The Balaban J connectivity index is 1.12. The van der Waals surface area contributed by atoms with E-state index in [-0.39, 0.29) is 0 Å². The summed E-state index contributed by atoms with van der Waals surface area (Å²) in [6.07, 6.45) is -11.2. The fraction of sp³-hybridized carbons (Fsp3) is 0.633. The Kier molecular flexibility index (Phi) is 9.33. The molecule has 1 saturated carbocycles. The second-order valence-corrected chi connectivity index (χ2v) is 11.9. The van der Waals surface area contributed by atoms with Crippen molar-refractivity contribution >= 4 is 12.0 Å². The normalized spacial score (nSPS) is 47.2. The first kappa shape index (κ1) is 32.4. The molecule has 0 bridgehead atoms. The molecule has 0 aromatic heterocycles. The number of carbonyl (C=O) groups is 1. The number of hydrogen-bond acceptors (Lipinski definition) is 15. The summed E-state index contributed by atoms with van der Waals surface area (Å²) in [5, 5.41) is 72.5. The van der Waals surface area contributed by atoms with Crippen LogP contribution in [0.15, 0.2) is 48.7 Å². The van der Waals surface area contributed by atoms with Crippen LogP contribution in [0.2, 0.25) is 0 Å². The van der Waals surface area contributed by atoms with Crippen molar-refractivity contribution < 1.29 is 73.7 Å². The Hall–Kier alpha value is -2.51. The molecule has 45 heavy (non-hydrogen) atoms. The molecular weight excluding hydrogens is 600 g/mol. The van der Waals surface area contributed by atoms with Gasteiger partial charge in [-0.25, -0.2) is 4.79 Å². The standard InChI is InChI=1S/C30H38O15/c1-13-24(42-17(33)8-7-14-5-3-2-4-6-14)21(36)23(38)28(40-13)43-25-15-9-10-39-27(18(15)30(12-32)26(25)45-30)44-29-22(37)20(35)19(34)16(11-31)41-29/h2-10,13,15-16,18-29,31-32,34-38H,11-12H2,1H3/b8-7+/t13-,15+,16+,18+,19+,20-,21-,22+,23+,24-,25-,26-,27-,28-,29-,30+/m0/s1. The van der Waals surface area contributed by atoms with Gasteiger partial charge in [0.2, 0.25) is 6.29 Å². The molecule has 0 unspecified atom stereocenters. The molecule has 0 radical (unpaired) electrons. The molecule has 5 aliphatic rings. The number of carbonyl (C=O) groups excluding carboxylic acids is 1. The zero-order valence-electron chi connectivity index (χ0n) is 24.2. The SMILES string of the molecule is C[C@@H]1O[C@@H](O[C@H]2[C@@H]3C=CO[C@@H](O[C@@H]4O[C@H](CO)[C@@H](O)[C@H](O)[C@H]4O)[C@@H]3[C@@]3(CO)O[C@@H]23)[C@H](O)[C@H](O)[C@H]1OC(=O)/C=C/c1ccccc1. The highest BCUT2D eigenvalue weighted by Gasteiger charge is 2.77. The van der Waals surface area contributed by atoms with E-state index in [1.54, 1.807) is 31.2 Å². The van der Waals surface area contributed by atoms with Gasteiger partial charge in [-0.2, -0.15) is 0 Å². The van der Waals surface area contributed by atoms with Gasteiger partial charge in [0.1, 0.15) is 48.3 Å². The zero-order chi connectivity index (χ0) is 32.0. The van der Waals surface area contributed by atoms with Gasteiger partial charge in [0, 0.05) is 12.0 Å². The molecule has 6 rings (SSSR count). The molecular formula is C30H38O15. The minimum atomic E-state index is -1.69. The Morgan fingerprint density at radius 3 is 2.31 bits per heavy atom. The van der Waals surface area contributed by atoms with Crippen LogP contribution in [0, 0.1) is 11.8 Å². The van der Waals surface area contributed by atoms with Crippen LogP contribution in [0.1, 0.15) is 12.5 Å². The predicted molar refractivity (Wildman–Crippen MR) is 147 cm³/mol. The lowest BCUT2D eigenvalue weighted by molar-refractivity contribution is -0.347. The Morgan fingerprint density at radius 1 is 0.889 bits per heavy atom. The third-order valence-electron chi connectivity index (χ3n) is 9.13. The van der Waals surface area contributed by atoms with E-state index >= 15 is 0 Å². The highest BCUT2D eigenvalue weighted by Crippen LogP contribution is 2.61. The van der Waals surface area contributed by atoms with Crippen LogP contribution in [-0.2, 0) is 38.0 Å². The Labute approximate surface area is 257 Å². The summed E-state index contributed by atoms with van der Waals surface area (Å²) < 4.78 is 40.3. The van der Waals surface area contributed by atoms with Crippen molar-refractivity contribution in [3.05, 3.63) is 54.3 Å². The van der Waals surface area contributed by atoms with E-state index in [1.165, 1.54) is 12.3 Å². The summed E-state index contributed by atoms with van der Waals surface area (Å²) in [4.78, 5) is 12.5. The van der Waals surface area contributed by atoms with Gasteiger partial charge in [-0.3, -0.25) is 0 Å². The van der Waals surface area contributed by atoms with E-state index in [9.17, 15) is 40.5 Å². The van der Waals surface area contributed by atoms with E-state index in [1.807, 2.05) is 18.2 Å². The number of ether oxygens (including phenoxy) is 7. The lowest BCUT2D eigenvalue weighted by Crippen LogP contribution is -2.60. The lowest BCUT2D eigenvalue weighted by atomic mass is 9.85. The summed E-state index contributed by atoms with van der Waals surface area (Å²) in [6.45, 7) is 0.445. The largest absolute Gasteiger partial charge is 0.472 e. The van der Waals surface area contributed by atoms with Crippen LogP contribution < -0.4 is 0 Å². The maximum atomic E-state index is 12.5. The van der Waals surface area contributed by atoms with Crippen molar-refractivity contribution in [2.24, 2.45) is 11.8 Å². The third-order valence-corrected chi connectivity index (χ3v) is 9.13. The van der Waals surface area contributed by atoms with Gasteiger partial charge in [-0.05, 0) is 24.6 Å². The fourth-order valence-corrected chi connectivity index (χ4v) is 6.65. The molecule has 1 aromatic carbocycles. The topological polar surface area (TPSA) is 227 Å². The van der Waals surface area contributed by atoms with E-state index in [2.05, 4.69) is 0 Å². The Bertz CT molecular complexity index is 1240. The minimum Gasteiger partial charge on any atom is -0.472 e. The van der Waals surface area contributed by atoms with Gasteiger partial charge in [-0.15, -0.1) is 0 Å². The van der Waals surface area contributed by atoms with Crippen molar-refractivity contribution in [2.45, 2.75) is 92.4 Å². The molecule has 7 N–H and O–H groups in total. The maximum absolute atomic E-state index is 12.5. The molecule has 16 atom stereocenters. The molecule has 1 aromatic rings. The average Bonchev–Trinajstić information content (AvgIpc) is 3.72. The quantitative estimate of drug-likeness (QED) is 0.0845. The second kappa shape index (κ2) is 12.9. The summed E-state index contributed by atoms with van der Waals surface area (Å²) in [6, 6.07) is 9.07. The number of epoxide rings is 1. The zero-order valence-corrected chi connectivity index (χ0v) is 24.2. The van der Waals surface area contributed by atoms with E-state index < -0.39 is 117 Å². The number of aliphatic hydroxyl groups is 7. The minimum absolute atomic E-state index is 0.466. The van der Waals surface area contributed by atoms with Crippen LogP contribution >= 0.6 is 0 Å². The molecule has 4 fully saturated rings. The van der Waals surface area contributed by atoms with Gasteiger partial charge in [0.05, 0.1) is 37.6 Å². The van der Waals surface area contributed by atoms with Gasteiger partial charge in [0.25, 0.3) is 0 Å². The first-order valence-corrected chi connectivity index (χ1v) is 14.8. The molecule has 4 heterocycles. The number of fused-ring (bicyclic) bond motifs is 3. The highest BCUT2D eigenvalue weighted by atomic mass is 16.8. The Morgan fingerprint density at radius 2 is 1.60 bits per heavy atom. The van der Waals surface area contributed by atoms with Crippen LogP contribution in [0.3, 0.4) is 0 Å². The van der Waals surface area contributed by atoms with Crippen molar-refractivity contribution in [1.82, 2.24) is 0 Å². The fourth-order valence-electron chi connectivity index (χ4n) is 6.65. The molecule has 4 aliphatic heterocycles. The van der Waals surface area contributed by atoms with Gasteiger partial charge < -0.3 is 68.9 Å². The number of rotatable bonds is 9. The number of aliphatic hydroxyl groups excluding tert-OH is 7. The van der Waals surface area contributed by atoms with Crippen LogP contribution in [0.5, 0.6) is 0 Å². The summed E-state index contributed by atoms with van der Waals surface area (Å²) in [5.74, 6) is -2.01. The summed E-state index contributed by atoms with van der Waals surface area (Å²) in [7, 11) is 0. The van der Waals surface area contributed by atoms with E-state index in [0.29, 0.717) is 0 Å². The maximum Gasteiger partial charge on any atom is 0.331 e. The summed E-state index contributed by atoms with van der Waals surface area (Å²) >= 11 is 0. The van der Waals surface area contributed by atoms with Gasteiger partial charge in [-0.1, -0.05) is 30.3 Å². The second-order valence-electron chi connectivity index (χ2n) is 11.9. The average molecular weight is 639 g/mol. The highest BCUT2D eigenvalue weighted by molar-refractivity contribution is 5.87. The molecule has 0 amide bonds. The monoisotopic (exact) mass is 638 g/mol. The molecule has 1 aliphatic carbocycles. The lowest BCUT2D eigenvalue weighted by Gasteiger charge is -2.44. The third kappa shape index (κ3) is 5.93. The van der Waals surface area contributed by atoms with Crippen molar-refractivity contribution in [3.63, 3.8) is 0 Å².